The predicted octanol–water partition coefficient (Wildman–Crippen LogP) is 6.21. The molecule has 3 amide bonds. The van der Waals surface area contributed by atoms with Gasteiger partial charge in [0, 0.05) is 10.7 Å². The Morgan fingerprint density at radius 1 is 1.03 bits per heavy atom. The van der Waals surface area contributed by atoms with Gasteiger partial charge in [-0.15, -0.1) is 0 Å². The minimum absolute atomic E-state index is 0.268. The number of nitrogens with zero attached hydrogens (tertiary/aromatic N) is 1. The highest BCUT2D eigenvalue weighted by Crippen LogP contribution is 2.32. The summed E-state index contributed by atoms with van der Waals surface area (Å²) in [5.74, 6) is -0.239. The van der Waals surface area contributed by atoms with E-state index in [4.69, 9.17) is 16.3 Å². The summed E-state index contributed by atoms with van der Waals surface area (Å²) >= 11 is 6.72. The van der Waals surface area contributed by atoms with E-state index in [2.05, 4.69) is 5.32 Å². The highest BCUT2D eigenvalue weighted by molar-refractivity contribution is 8.18. The lowest BCUT2D eigenvalue weighted by atomic mass is 10.1. The number of aryl methyl sites for hydroxylation is 1. The molecule has 0 aliphatic carbocycles. The highest BCUT2D eigenvalue weighted by atomic mass is 35.5. The summed E-state index contributed by atoms with van der Waals surface area (Å²) in [5, 5.41) is 2.98. The van der Waals surface area contributed by atoms with Crippen molar-refractivity contribution in [2.24, 2.45) is 0 Å². The third-order valence-electron chi connectivity index (χ3n) is 5.55. The standard InChI is InChI=1S/C27H23ClN2O4S/c1-17-4-3-5-23(18(17)2)29-25(31)15-30-26(32)24(35-27(30)33)14-19-8-12-22(13-9-19)34-16-20-6-10-21(28)11-7-20/h3-14H,15-16H2,1-2H3,(H,29,31)/b24-14+. The second kappa shape index (κ2) is 10.8. The number of benzene rings is 3. The number of anilines is 1. The van der Waals surface area contributed by atoms with Crippen LogP contribution in [0.4, 0.5) is 10.5 Å². The first kappa shape index (κ1) is 24.6. The molecule has 0 unspecified atom stereocenters. The number of hydrogen-bond acceptors (Lipinski definition) is 5. The number of ether oxygens (including phenoxy) is 1. The summed E-state index contributed by atoms with van der Waals surface area (Å²) in [7, 11) is 0. The molecule has 8 heteroatoms. The van der Waals surface area contributed by atoms with E-state index in [1.165, 1.54) is 0 Å². The quantitative estimate of drug-likeness (QED) is 0.385. The molecule has 4 rings (SSSR count). The molecular weight excluding hydrogens is 484 g/mol. The zero-order valence-electron chi connectivity index (χ0n) is 19.2. The van der Waals surface area contributed by atoms with Crippen molar-refractivity contribution in [2.75, 3.05) is 11.9 Å². The van der Waals surface area contributed by atoms with Gasteiger partial charge in [-0.3, -0.25) is 19.3 Å². The number of carbonyl (C=O) groups is 3. The third-order valence-corrected chi connectivity index (χ3v) is 6.71. The van der Waals surface area contributed by atoms with Gasteiger partial charge in [-0.1, -0.05) is 48.0 Å². The summed E-state index contributed by atoms with van der Waals surface area (Å²) in [4.78, 5) is 38.9. The van der Waals surface area contributed by atoms with E-state index >= 15 is 0 Å². The molecule has 1 aliphatic heterocycles. The van der Waals surface area contributed by atoms with Crippen molar-refractivity contribution in [1.82, 2.24) is 4.90 Å². The minimum atomic E-state index is -0.487. The van der Waals surface area contributed by atoms with E-state index in [0.717, 1.165) is 38.9 Å². The first-order valence-electron chi connectivity index (χ1n) is 10.9. The molecule has 0 spiro atoms. The Labute approximate surface area is 212 Å². The average Bonchev–Trinajstić information content (AvgIpc) is 3.10. The van der Waals surface area contributed by atoms with Crippen LogP contribution in [0.2, 0.25) is 5.02 Å². The van der Waals surface area contributed by atoms with Crippen molar-refractivity contribution < 1.29 is 19.1 Å². The third kappa shape index (κ3) is 6.12. The van der Waals surface area contributed by atoms with Crippen LogP contribution in [0.15, 0.2) is 71.6 Å². The van der Waals surface area contributed by atoms with Crippen molar-refractivity contribution in [3.63, 3.8) is 0 Å². The maximum Gasteiger partial charge on any atom is 0.294 e. The Kier molecular flexibility index (Phi) is 7.58. The Balaban J connectivity index is 1.36. The van der Waals surface area contributed by atoms with Gasteiger partial charge in [-0.25, -0.2) is 0 Å². The van der Waals surface area contributed by atoms with E-state index < -0.39 is 17.1 Å². The molecule has 35 heavy (non-hydrogen) atoms. The molecule has 3 aromatic carbocycles. The molecular formula is C27H23ClN2O4S. The lowest BCUT2D eigenvalue weighted by Gasteiger charge is -2.14. The fourth-order valence-electron chi connectivity index (χ4n) is 3.42. The van der Waals surface area contributed by atoms with Gasteiger partial charge in [0.25, 0.3) is 11.1 Å². The van der Waals surface area contributed by atoms with E-state index in [-0.39, 0.29) is 11.4 Å². The van der Waals surface area contributed by atoms with Gasteiger partial charge in [-0.2, -0.15) is 0 Å². The van der Waals surface area contributed by atoms with Crippen LogP contribution in [-0.2, 0) is 16.2 Å². The van der Waals surface area contributed by atoms with Crippen LogP contribution in [-0.4, -0.2) is 28.5 Å². The predicted molar refractivity (Wildman–Crippen MR) is 139 cm³/mol. The van der Waals surface area contributed by atoms with Gasteiger partial charge in [-0.05, 0) is 84.3 Å². The van der Waals surface area contributed by atoms with Crippen molar-refractivity contribution in [2.45, 2.75) is 20.5 Å². The number of carbonyl (C=O) groups excluding carboxylic acids is 3. The Bertz CT molecular complexity index is 1300. The number of thioether (sulfide) groups is 1. The normalized spacial score (nSPS) is 14.5. The molecule has 6 nitrogen and oxygen atoms in total. The molecule has 1 heterocycles. The van der Waals surface area contributed by atoms with Gasteiger partial charge in [0.2, 0.25) is 5.91 Å². The van der Waals surface area contributed by atoms with Crippen molar-refractivity contribution in [1.29, 1.82) is 0 Å². The molecule has 178 valence electrons. The Hall–Kier alpha value is -3.55. The van der Waals surface area contributed by atoms with Gasteiger partial charge in [0.15, 0.2) is 0 Å². The maximum atomic E-state index is 12.8. The number of nitrogens with one attached hydrogen (secondary N) is 1. The summed E-state index contributed by atoms with van der Waals surface area (Å²) < 4.78 is 5.78. The summed E-state index contributed by atoms with van der Waals surface area (Å²) in [5.41, 5.74) is 4.38. The number of imide groups is 1. The van der Waals surface area contributed by atoms with Crippen LogP contribution >= 0.6 is 23.4 Å². The Morgan fingerprint density at radius 3 is 2.46 bits per heavy atom. The average molecular weight is 507 g/mol. The van der Waals surface area contributed by atoms with Gasteiger partial charge < -0.3 is 10.1 Å². The molecule has 0 atom stereocenters. The van der Waals surface area contributed by atoms with Crippen LogP contribution < -0.4 is 10.1 Å². The van der Waals surface area contributed by atoms with E-state index in [1.807, 2.05) is 50.2 Å². The fraction of sp³-hybridized carbons (Fsp3) is 0.148. The zero-order chi connectivity index (χ0) is 24.9. The molecule has 3 aromatic rings. The van der Waals surface area contributed by atoms with E-state index in [1.54, 1.807) is 36.4 Å². The van der Waals surface area contributed by atoms with E-state index in [0.29, 0.717) is 23.1 Å². The van der Waals surface area contributed by atoms with Crippen LogP contribution in [0.3, 0.4) is 0 Å². The number of halogens is 1. The topological polar surface area (TPSA) is 75.7 Å². The largest absolute Gasteiger partial charge is 0.489 e. The summed E-state index contributed by atoms with van der Waals surface area (Å²) in [6.45, 7) is 3.92. The van der Waals surface area contributed by atoms with Crippen molar-refractivity contribution >= 4 is 52.2 Å². The van der Waals surface area contributed by atoms with Gasteiger partial charge in [0.1, 0.15) is 18.9 Å². The van der Waals surface area contributed by atoms with Gasteiger partial charge >= 0.3 is 0 Å². The lowest BCUT2D eigenvalue weighted by Crippen LogP contribution is -2.36. The van der Waals surface area contributed by atoms with Crippen molar-refractivity contribution in [3.8, 4) is 5.75 Å². The molecule has 1 saturated heterocycles. The van der Waals surface area contributed by atoms with Crippen LogP contribution in [0.25, 0.3) is 6.08 Å². The SMILES string of the molecule is Cc1cccc(NC(=O)CN2C(=O)S/C(=C/c3ccc(OCc4ccc(Cl)cc4)cc3)C2=O)c1C. The number of rotatable bonds is 7. The van der Waals surface area contributed by atoms with Gasteiger partial charge in [0.05, 0.1) is 4.91 Å². The maximum absolute atomic E-state index is 12.8. The fourth-order valence-corrected chi connectivity index (χ4v) is 4.38. The minimum Gasteiger partial charge on any atom is -0.489 e. The molecule has 0 saturated carbocycles. The lowest BCUT2D eigenvalue weighted by molar-refractivity contribution is -0.127. The second-order valence-electron chi connectivity index (χ2n) is 8.05. The van der Waals surface area contributed by atoms with E-state index in [9.17, 15) is 14.4 Å². The molecule has 1 aliphatic rings. The summed E-state index contributed by atoms with van der Waals surface area (Å²) in [6, 6.07) is 20.2. The van der Waals surface area contributed by atoms with Crippen molar-refractivity contribution in [3.05, 3.63) is 98.9 Å². The smallest absolute Gasteiger partial charge is 0.294 e. The number of hydrogen-bond donors (Lipinski definition) is 1. The zero-order valence-corrected chi connectivity index (χ0v) is 20.8. The summed E-state index contributed by atoms with van der Waals surface area (Å²) in [6.07, 6.45) is 1.64. The second-order valence-corrected chi connectivity index (χ2v) is 9.48. The molecule has 0 aromatic heterocycles. The molecule has 0 bridgehead atoms. The number of amides is 3. The Morgan fingerprint density at radius 2 is 1.74 bits per heavy atom. The molecule has 1 fully saturated rings. The first-order chi connectivity index (χ1) is 16.8. The highest BCUT2D eigenvalue weighted by Gasteiger charge is 2.36. The molecule has 1 N–H and O–H groups in total. The van der Waals surface area contributed by atoms with Crippen LogP contribution in [0.1, 0.15) is 22.3 Å². The monoisotopic (exact) mass is 506 g/mol. The first-order valence-corrected chi connectivity index (χ1v) is 12.1. The molecule has 0 radical (unpaired) electrons. The van der Waals surface area contributed by atoms with Crippen LogP contribution in [0.5, 0.6) is 5.75 Å². The van der Waals surface area contributed by atoms with Crippen LogP contribution in [0, 0.1) is 13.8 Å².